The van der Waals surface area contributed by atoms with Gasteiger partial charge in [-0.2, -0.15) is 0 Å². The van der Waals surface area contributed by atoms with E-state index in [-0.39, 0.29) is 16.9 Å². The van der Waals surface area contributed by atoms with Crippen LogP contribution in [0.5, 0.6) is 0 Å². The number of guanidine groups is 1. The molecule has 0 aliphatic heterocycles. The fourth-order valence-electron chi connectivity index (χ4n) is 0. The molecule has 0 saturated heterocycles. The molecule has 10 nitrogen and oxygen atoms in total. The van der Waals surface area contributed by atoms with E-state index in [2.05, 4.69) is 11.6 Å². The highest BCUT2D eigenvalue weighted by atomic mass is 16.9. The van der Waals surface area contributed by atoms with Crippen molar-refractivity contribution in [3.63, 3.8) is 0 Å². The number of nitrogens with one attached hydrogen (secondary N) is 2. The molecule has 0 heterocycles. The van der Waals surface area contributed by atoms with Crippen molar-refractivity contribution >= 4 is 5.96 Å². The van der Waals surface area contributed by atoms with Gasteiger partial charge < -0.3 is 21.9 Å². The van der Waals surface area contributed by atoms with Crippen LogP contribution in [0.2, 0.25) is 0 Å². The van der Waals surface area contributed by atoms with Crippen LogP contribution in [-0.4, -0.2) is 27.2 Å². The lowest BCUT2D eigenvalue weighted by Crippen LogP contribution is -2.35. The van der Waals surface area contributed by atoms with Gasteiger partial charge in [-0.25, -0.2) is 5.84 Å². The minimum Gasteiger partial charge on any atom is -0.412 e. The Morgan fingerprint density at radius 2 is 1.73 bits per heavy atom. The first-order chi connectivity index (χ1) is 4.00. The second-order valence-electron chi connectivity index (χ2n) is 0.796. The molecule has 0 unspecified atom stereocenters. The molecular weight excluding hydrogens is 162 g/mol. The Hall–Kier alpha value is -1.65. The zero-order valence-corrected chi connectivity index (χ0v) is 5.37. The van der Waals surface area contributed by atoms with Crippen LogP contribution in [0, 0.1) is 15.5 Å². The number of nitrogens with two attached hydrogens (primary N) is 2. The molecule has 0 bridgehead atoms. The molecule has 0 fully saturated rings. The molecule has 0 amide bonds. The standard InChI is InChI=1S/CH6N4.HNO3.2H2O/c2-1(3)5-4;2-1(3)4;;/h4H2,(H4,2,3,5);(H,2,3,4);2*1H2. The van der Waals surface area contributed by atoms with Crippen molar-refractivity contribution in [2.75, 3.05) is 0 Å². The Labute approximate surface area is 61.0 Å². The third kappa shape index (κ3) is 2750. The van der Waals surface area contributed by atoms with Crippen LogP contribution in [0.3, 0.4) is 0 Å². The van der Waals surface area contributed by atoms with E-state index in [0.29, 0.717) is 0 Å². The zero-order valence-electron chi connectivity index (χ0n) is 5.37. The Balaban J connectivity index is -0.0000000383. The minimum absolute atomic E-state index is 0. The summed E-state index contributed by atoms with van der Waals surface area (Å²) < 4.78 is 0. The van der Waals surface area contributed by atoms with Gasteiger partial charge in [-0.15, -0.1) is 10.1 Å². The van der Waals surface area contributed by atoms with Crippen LogP contribution in [-0.2, 0) is 0 Å². The molecular formula is CH11N5O5. The Kier molecular flexibility index (Phi) is 32.6. The van der Waals surface area contributed by atoms with E-state index in [0.717, 1.165) is 0 Å². The van der Waals surface area contributed by atoms with Crippen LogP contribution in [0.25, 0.3) is 0 Å². The van der Waals surface area contributed by atoms with E-state index < -0.39 is 5.09 Å². The summed E-state index contributed by atoms with van der Waals surface area (Å²) in [4.78, 5) is 8.36. The topological polar surface area (TPSA) is 214 Å². The second kappa shape index (κ2) is 15.8. The van der Waals surface area contributed by atoms with Crippen molar-refractivity contribution in [2.24, 2.45) is 11.6 Å². The molecule has 10 heteroatoms. The van der Waals surface area contributed by atoms with Crippen LogP contribution >= 0.6 is 0 Å². The monoisotopic (exact) mass is 173 g/mol. The summed E-state index contributed by atoms with van der Waals surface area (Å²) in [6, 6.07) is 0. The third-order valence-corrected chi connectivity index (χ3v) is 0.156. The highest BCUT2D eigenvalue weighted by Gasteiger charge is 1.66. The van der Waals surface area contributed by atoms with Gasteiger partial charge in [-0.1, -0.05) is 0 Å². The third-order valence-electron chi connectivity index (χ3n) is 0.156. The van der Waals surface area contributed by atoms with E-state index in [1.165, 1.54) is 0 Å². The van der Waals surface area contributed by atoms with Crippen molar-refractivity contribution in [3.05, 3.63) is 10.1 Å². The molecule has 0 aliphatic rings. The van der Waals surface area contributed by atoms with Gasteiger partial charge in [0.05, 0.1) is 0 Å². The van der Waals surface area contributed by atoms with Gasteiger partial charge in [0.25, 0.3) is 5.09 Å². The average molecular weight is 173 g/mol. The fraction of sp³-hybridized carbons (Fsp3) is 0. The molecule has 11 heavy (non-hydrogen) atoms. The van der Waals surface area contributed by atoms with Gasteiger partial charge in [0, 0.05) is 0 Å². The van der Waals surface area contributed by atoms with Crippen molar-refractivity contribution in [2.45, 2.75) is 0 Å². The lowest BCUT2D eigenvalue weighted by atomic mass is 11.1. The molecule has 0 aromatic rings. The number of hydrogen-bond acceptors (Lipinski definition) is 4. The van der Waals surface area contributed by atoms with Gasteiger partial charge in [0.2, 0.25) is 0 Å². The van der Waals surface area contributed by atoms with E-state index in [1.807, 2.05) is 5.43 Å². The number of hydrogen-bond donors (Lipinski definition) is 5. The lowest BCUT2D eigenvalue weighted by Gasteiger charge is -1.85. The molecule has 0 atom stereocenters. The first kappa shape index (κ1) is 22.8. The molecule has 0 aromatic heterocycles. The highest BCUT2D eigenvalue weighted by Crippen LogP contribution is 1.38. The number of hydrazine groups is 1. The van der Waals surface area contributed by atoms with Crippen LogP contribution in [0.1, 0.15) is 0 Å². The fourth-order valence-corrected chi connectivity index (χ4v) is 0. The maximum absolute atomic E-state index is 8.36. The quantitative estimate of drug-likeness (QED) is 0.0816. The highest BCUT2D eigenvalue weighted by molar-refractivity contribution is 5.73. The van der Waals surface area contributed by atoms with Gasteiger partial charge in [-0.05, 0) is 0 Å². The maximum atomic E-state index is 8.36. The molecule has 0 aromatic carbocycles. The summed E-state index contributed by atoms with van der Waals surface area (Å²) in [5, 5.41) is 19.9. The molecule has 0 radical (unpaired) electrons. The molecule has 0 saturated carbocycles. The summed E-state index contributed by atoms with van der Waals surface area (Å²) >= 11 is 0. The Morgan fingerprint density at radius 1 is 1.64 bits per heavy atom. The van der Waals surface area contributed by atoms with Crippen LogP contribution in [0.4, 0.5) is 0 Å². The SMILES string of the molecule is N=C(N)NN.O.O.O=[N+]([O-])O. The van der Waals surface area contributed by atoms with E-state index in [1.54, 1.807) is 0 Å². The summed E-state index contributed by atoms with van der Waals surface area (Å²) in [5.41, 5.74) is 6.53. The van der Waals surface area contributed by atoms with Crippen molar-refractivity contribution in [1.82, 2.24) is 5.43 Å². The van der Waals surface area contributed by atoms with Crippen LogP contribution in [0.15, 0.2) is 0 Å². The second-order valence-corrected chi connectivity index (χ2v) is 0.796. The minimum atomic E-state index is -1.50. The predicted molar refractivity (Wildman–Crippen MR) is 35.2 cm³/mol. The molecule has 11 N–H and O–H groups in total. The van der Waals surface area contributed by atoms with Crippen molar-refractivity contribution in [1.29, 1.82) is 5.41 Å². The summed E-state index contributed by atoms with van der Waals surface area (Å²) in [5.74, 6) is 4.35. The predicted octanol–water partition coefficient (Wildman–Crippen LogP) is -3.65. The zero-order chi connectivity index (χ0) is 7.86. The summed E-state index contributed by atoms with van der Waals surface area (Å²) in [6.07, 6.45) is 0. The normalized spacial score (nSPS) is 5.18. The lowest BCUT2D eigenvalue weighted by molar-refractivity contribution is -0.742. The van der Waals surface area contributed by atoms with Crippen molar-refractivity contribution < 1.29 is 21.2 Å². The Bertz CT molecular complexity index is 99.0. The molecule has 70 valence electrons. The maximum Gasteiger partial charge on any atom is 0.291 e. The van der Waals surface area contributed by atoms with Gasteiger partial charge in [0.15, 0.2) is 5.96 Å². The summed E-state index contributed by atoms with van der Waals surface area (Å²) in [7, 11) is 0. The van der Waals surface area contributed by atoms with Gasteiger partial charge >= 0.3 is 0 Å². The van der Waals surface area contributed by atoms with Crippen LogP contribution < -0.4 is 17.0 Å². The Morgan fingerprint density at radius 3 is 1.73 bits per heavy atom. The van der Waals surface area contributed by atoms with E-state index in [4.69, 9.17) is 20.7 Å². The molecule has 0 aliphatic carbocycles. The van der Waals surface area contributed by atoms with Crippen molar-refractivity contribution in [3.8, 4) is 0 Å². The first-order valence-electron chi connectivity index (χ1n) is 1.64. The number of nitrogens with zero attached hydrogens (tertiary/aromatic N) is 1. The smallest absolute Gasteiger partial charge is 0.291 e. The first-order valence-corrected chi connectivity index (χ1v) is 1.64. The van der Waals surface area contributed by atoms with Gasteiger partial charge in [-0.3, -0.25) is 10.8 Å². The summed E-state index contributed by atoms with van der Waals surface area (Å²) in [6.45, 7) is 0. The largest absolute Gasteiger partial charge is 0.412 e. The molecule has 0 rings (SSSR count). The number of rotatable bonds is 0. The average Bonchev–Trinajstić information content (AvgIpc) is 1.65. The van der Waals surface area contributed by atoms with E-state index in [9.17, 15) is 0 Å². The van der Waals surface area contributed by atoms with E-state index >= 15 is 0 Å². The molecule has 0 spiro atoms. The van der Waals surface area contributed by atoms with Gasteiger partial charge in [0.1, 0.15) is 0 Å².